The number of allylic oxidation sites excluding steroid dienone is 2. The van der Waals surface area contributed by atoms with E-state index in [4.69, 9.17) is 28.3 Å². The third-order valence-electron chi connectivity index (χ3n) is 6.61. The Morgan fingerprint density at radius 3 is 2.58 bits per heavy atom. The molecule has 33 heavy (non-hydrogen) atoms. The van der Waals surface area contributed by atoms with Crippen LogP contribution < -0.4 is 0 Å². The predicted octanol–water partition coefficient (Wildman–Crippen LogP) is 3.16. The van der Waals surface area contributed by atoms with Crippen molar-refractivity contribution in [2.75, 3.05) is 32.8 Å². The van der Waals surface area contributed by atoms with Crippen LogP contribution in [-0.4, -0.2) is 71.1 Å². The zero-order valence-corrected chi connectivity index (χ0v) is 20.3. The summed E-state index contributed by atoms with van der Waals surface area (Å²) < 4.78 is 0. The first-order valence-electron chi connectivity index (χ1n) is 10.8. The molecule has 174 valence electrons. The number of rotatable bonds is 4. The predicted molar refractivity (Wildman–Crippen MR) is 128 cm³/mol. The Kier molecular flexibility index (Phi) is 6.49. The van der Waals surface area contributed by atoms with E-state index in [0.29, 0.717) is 58.5 Å². The Balaban J connectivity index is 1.63. The third-order valence-corrected chi connectivity index (χ3v) is 7.34. The average Bonchev–Trinajstić information content (AvgIpc) is 2.72. The van der Waals surface area contributed by atoms with Gasteiger partial charge in [-0.2, -0.15) is 0 Å². The van der Waals surface area contributed by atoms with Crippen LogP contribution >= 0.6 is 23.2 Å². The number of benzene rings is 1. The zero-order chi connectivity index (χ0) is 24.0. The summed E-state index contributed by atoms with van der Waals surface area (Å²) in [6, 6.07) is 1.78. The van der Waals surface area contributed by atoms with Gasteiger partial charge in [-0.1, -0.05) is 28.8 Å². The number of amides is 3. The summed E-state index contributed by atoms with van der Waals surface area (Å²) in [5, 5.41) is 9.83. The van der Waals surface area contributed by atoms with Crippen LogP contribution in [0, 0.1) is 5.92 Å². The van der Waals surface area contributed by atoms with Gasteiger partial charge in [0.15, 0.2) is 0 Å². The van der Waals surface area contributed by atoms with Crippen molar-refractivity contribution in [1.29, 1.82) is 0 Å². The molecule has 1 aromatic carbocycles. The molecular formula is C24H25Cl2N3O4. The van der Waals surface area contributed by atoms with Crippen LogP contribution in [0.1, 0.15) is 42.3 Å². The minimum absolute atomic E-state index is 0.239. The van der Waals surface area contributed by atoms with E-state index in [-0.39, 0.29) is 24.3 Å². The van der Waals surface area contributed by atoms with Gasteiger partial charge in [-0.05, 0) is 61.6 Å². The molecule has 4 rings (SSSR count). The molecule has 1 atom stereocenters. The number of hydrogen-bond acceptors (Lipinski definition) is 4. The molecule has 1 unspecified atom stereocenters. The van der Waals surface area contributed by atoms with Crippen molar-refractivity contribution in [2.24, 2.45) is 10.9 Å². The van der Waals surface area contributed by atoms with Crippen molar-refractivity contribution in [2.45, 2.75) is 27.2 Å². The summed E-state index contributed by atoms with van der Waals surface area (Å²) in [4.78, 5) is 44.8. The number of fused-ring (bicyclic) bond motifs is 1. The second-order valence-electron chi connectivity index (χ2n) is 8.74. The molecule has 0 aromatic heterocycles. The number of carbonyl (C=O) groups excluding carboxylic acids is 3. The molecule has 1 saturated heterocycles. The number of likely N-dealkylation sites (tertiary alicyclic amines) is 1. The van der Waals surface area contributed by atoms with Crippen LogP contribution in [0.5, 0.6) is 0 Å². The first-order valence-corrected chi connectivity index (χ1v) is 11.5. The maximum absolute atomic E-state index is 13.5. The highest BCUT2D eigenvalue weighted by Gasteiger charge is 2.35. The maximum Gasteiger partial charge on any atom is 0.255 e. The molecule has 3 aliphatic heterocycles. The van der Waals surface area contributed by atoms with Gasteiger partial charge in [-0.15, -0.1) is 0 Å². The lowest BCUT2D eigenvalue weighted by atomic mass is 9.89. The molecule has 0 radical (unpaired) electrons. The molecule has 1 N–H and O–H groups in total. The lowest BCUT2D eigenvalue weighted by Gasteiger charge is -2.36. The smallest absolute Gasteiger partial charge is 0.255 e. The average molecular weight is 490 g/mol. The molecule has 3 heterocycles. The van der Waals surface area contributed by atoms with Crippen molar-refractivity contribution in [3.8, 4) is 0 Å². The Morgan fingerprint density at radius 1 is 1.24 bits per heavy atom. The minimum Gasteiger partial charge on any atom is -0.387 e. The maximum atomic E-state index is 13.5. The second-order valence-corrected chi connectivity index (χ2v) is 9.53. The van der Waals surface area contributed by atoms with E-state index < -0.39 is 12.5 Å². The standard InChI is InChI=1S/C24H25Cl2N3O4/c1-12-6-13(2)27-23(32)18(12)10-28-5-4-16-19(25)7-17(22(26)21(16)24(28)33)14(3)15-8-29(9-15)20(31)11-30/h6-7,18,30H,4-5,8-11H2,1-3H3. The highest BCUT2D eigenvalue weighted by Crippen LogP contribution is 2.39. The Hall–Kier alpha value is -2.48. The van der Waals surface area contributed by atoms with Crippen molar-refractivity contribution in [1.82, 2.24) is 9.80 Å². The minimum atomic E-state index is -0.523. The number of aliphatic hydroxyl groups excluding tert-OH is 1. The van der Waals surface area contributed by atoms with E-state index in [1.807, 2.05) is 19.9 Å². The van der Waals surface area contributed by atoms with Crippen LogP contribution in [0.3, 0.4) is 0 Å². The lowest BCUT2D eigenvalue weighted by Crippen LogP contribution is -2.46. The van der Waals surface area contributed by atoms with E-state index >= 15 is 0 Å². The number of aliphatic imine (C=N–C) groups is 1. The first kappa shape index (κ1) is 23.7. The highest BCUT2D eigenvalue weighted by molar-refractivity contribution is 6.38. The highest BCUT2D eigenvalue weighted by atomic mass is 35.5. The van der Waals surface area contributed by atoms with Gasteiger partial charge in [0.1, 0.15) is 6.61 Å². The van der Waals surface area contributed by atoms with Crippen LogP contribution in [0.2, 0.25) is 10.0 Å². The first-order chi connectivity index (χ1) is 15.6. The Bertz CT molecular complexity index is 1160. The summed E-state index contributed by atoms with van der Waals surface area (Å²) in [7, 11) is 0. The summed E-state index contributed by atoms with van der Waals surface area (Å²) in [6.45, 7) is 6.53. The molecule has 0 saturated carbocycles. The SMILES string of the molecule is CC1=CC(C)=NC(=O)C1CN1CCc2c(Cl)cc(C(C)=C3CN(C(=O)CO)C3)c(Cl)c2C1=O. The summed E-state index contributed by atoms with van der Waals surface area (Å²) in [6.07, 6.45) is 2.41. The van der Waals surface area contributed by atoms with Crippen molar-refractivity contribution in [3.05, 3.63) is 50.0 Å². The van der Waals surface area contributed by atoms with Crippen molar-refractivity contribution in [3.63, 3.8) is 0 Å². The number of halogens is 2. The van der Waals surface area contributed by atoms with E-state index in [2.05, 4.69) is 4.99 Å². The zero-order valence-electron chi connectivity index (χ0n) is 18.7. The van der Waals surface area contributed by atoms with Crippen LogP contribution in [0.15, 0.2) is 28.3 Å². The molecule has 1 aromatic rings. The molecule has 3 amide bonds. The monoisotopic (exact) mass is 489 g/mol. The largest absolute Gasteiger partial charge is 0.387 e. The molecule has 0 aliphatic carbocycles. The normalized spacial score (nSPS) is 20.3. The van der Waals surface area contributed by atoms with E-state index in [0.717, 1.165) is 16.7 Å². The van der Waals surface area contributed by atoms with Gasteiger partial charge >= 0.3 is 0 Å². The third kappa shape index (κ3) is 4.25. The van der Waals surface area contributed by atoms with Gasteiger partial charge in [-0.25, -0.2) is 4.99 Å². The van der Waals surface area contributed by atoms with Gasteiger partial charge in [0.2, 0.25) is 5.91 Å². The number of nitrogens with zero attached hydrogens (tertiary/aromatic N) is 3. The fourth-order valence-electron chi connectivity index (χ4n) is 4.55. The fraction of sp³-hybridized carbons (Fsp3) is 0.417. The molecule has 9 heteroatoms. The van der Waals surface area contributed by atoms with Gasteiger partial charge in [0, 0.05) is 36.9 Å². The molecule has 7 nitrogen and oxygen atoms in total. The number of carbonyl (C=O) groups is 3. The fourth-order valence-corrected chi connectivity index (χ4v) is 5.24. The van der Waals surface area contributed by atoms with Gasteiger partial charge in [0.05, 0.1) is 16.5 Å². The quantitative estimate of drug-likeness (QED) is 0.702. The Morgan fingerprint density at radius 2 is 1.94 bits per heavy atom. The summed E-state index contributed by atoms with van der Waals surface area (Å²) in [5.74, 6) is -1.28. The molecule has 1 fully saturated rings. The van der Waals surface area contributed by atoms with Crippen LogP contribution in [0.4, 0.5) is 0 Å². The van der Waals surface area contributed by atoms with Gasteiger partial charge in [0.25, 0.3) is 11.8 Å². The van der Waals surface area contributed by atoms with Crippen LogP contribution in [0.25, 0.3) is 5.57 Å². The van der Waals surface area contributed by atoms with Crippen molar-refractivity contribution < 1.29 is 19.5 Å². The van der Waals surface area contributed by atoms with E-state index in [1.54, 1.807) is 22.8 Å². The molecule has 0 bridgehead atoms. The summed E-state index contributed by atoms with van der Waals surface area (Å²) in [5.41, 5.74) is 5.16. The lowest BCUT2D eigenvalue weighted by molar-refractivity contribution is -0.135. The van der Waals surface area contributed by atoms with Crippen molar-refractivity contribution >= 4 is 52.2 Å². The number of hydrogen-bond donors (Lipinski definition) is 1. The second kappa shape index (κ2) is 9.05. The topological polar surface area (TPSA) is 90.3 Å². The van der Waals surface area contributed by atoms with Gasteiger partial charge < -0.3 is 14.9 Å². The van der Waals surface area contributed by atoms with Gasteiger partial charge in [-0.3, -0.25) is 14.4 Å². The number of aliphatic hydroxyl groups is 1. The molecule has 0 spiro atoms. The Labute approximate surface area is 202 Å². The van der Waals surface area contributed by atoms with E-state index in [1.165, 1.54) is 0 Å². The molecular weight excluding hydrogens is 465 g/mol. The summed E-state index contributed by atoms with van der Waals surface area (Å²) >= 11 is 13.3. The molecule has 3 aliphatic rings. The van der Waals surface area contributed by atoms with E-state index in [9.17, 15) is 14.4 Å². The van der Waals surface area contributed by atoms with Crippen LogP contribution in [-0.2, 0) is 16.0 Å². The number of dihydropyridines is 1.